The van der Waals surface area contributed by atoms with Crippen molar-refractivity contribution in [3.8, 4) is 6.07 Å². The fourth-order valence-electron chi connectivity index (χ4n) is 5.15. The lowest BCUT2D eigenvalue weighted by molar-refractivity contribution is -0.170. The summed E-state index contributed by atoms with van der Waals surface area (Å²) in [7, 11) is 1.84. The Bertz CT molecular complexity index is 785. The second-order valence-corrected chi connectivity index (χ2v) is 7.54. The highest BCUT2D eigenvalue weighted by molar-refractivity contribution is 5.32. The Balaban J connectivity index is 1.64. The normalized spacial score (nSPS) is 28.5. The van der Waals surface area contributed by atoms with Crippen molar-refractivity contribution < 1.29 is 4.74 Å². The Hall–Kier alpha value is -2.22. The largest absolute Gasteiger partial charge is 0.373 e. The number of likely N-dealkylation sites (tertiary alicyclic amines) is 1. The third kappa shape index (κ3) is 2.92. The summed E-state index contributed by atoms with van der Waals surface area (Å²) in [5.41, 5.74) is 2.68. The topological polar surface area (TPSA) is 49.1 Å². The Morgan fingerprint density at radius 2 is 1.92 bits per heavy atom. The average molecular weight is 347 g/mol. The number of hydrogen-bond acceptors (Lipinski definition) is 4. The van der Waals surface area contributed by atoms with Crippen LogP contribution in [-0.4, -0.2) is 30.1 Å². The number of fused-ring (bicyclic) bond motifs is 2. The molecule has 4 rings (SSSR count). The average Bonchev–Trinajstić information content (AvgIpc) is 2.68. The van der Waals surface area contributed by atoms with Gasteiger partial charge in [0.15, 0.2) is 0 Å². The lowest BCUT2D eigenvalue weighted by Crippen LogP contribution is -2.58. The summed E-state index contributed by atoms with van der Waals surface area (Å²) >= 11 is 0. The molecule has 4 nitrogen and oxygen atoms in total. The molecule has 1 aromatic carbocycles. The van der Waals surface area contributed by atoms with Crippen LogP contribution < -0.4 is 0 Å². The number of aromatic nitrogens is 1. The number of ether oxygens (including phenoxy) is 1. The molecule has 2 heterocycles. The molecule has 2 fully saturated rings. The summed E-state index contributed by atoms with van der Waals surface area (Å²) in [5.74, 6) is 0.885. The molecule has 3 atom stereocenters. The van der Waals surface area contributed by atoms with Crippen LogP contribution in [-0.2, 0) is 16.9 Å². The van der Waals surface area contributed by atoms with Gasteiger partial charge < -0.3 is 4.74 Å². The van der Waals surface area contributed by atoms with E-state index in [-0.39, 0.29) is 5.60 Å². The quantitative estimate of drug-likeness (QED) is 0.846. The third-order valence-corrected chi connectivity index (χ3v) is 6.19. The van der Waals surface area contributed by atoms with E-state index in [1.165, 1.54) is 24.8 Å². The molecule has 0 N–H and O–H groups in total. The Kier molecular flexibility index (Phi) is 4.76. The first kappa shape index (κ1) is 17.2. The highest BCUT2D eigenvalue weighted by atomic mass is 16.5. The van der Waals surface area contributed by atoms with Gasteiger partial charge in [0.25, 0.3) is 0 Å². The highest BCUT2D eigenvalue weighted by Gasteiger charge is 2.53. The van der Waals surface area contributed by atoms with Crippen LogP contribution in [0, 0.1) is 23.2 Å². The molecule has 26 heavy (non-hydrogen) atoms. The van der Waals surface area contributed by atoms with Crippen molar-refractivity contribution in [2.75, 3.05) is 20.2 Å². The van der Waals surface area contributed by atoms with E-state index in [2.05, 4.69) is 46.3 Å². The Morgan fingerprint density at radius 1 is 1.19 bits per heavy atom. The first-order chi connectivity index (χ1) is 12.8. The van der Waals surface area contributed by atoms with E-state index in [9.17, 15) is 5.26 Å². The minimum Gasteiger partial charge on any atom is -0.373 e. The van der Waals surface area contributed by atoms with E-state index in [1.54, 1.807) is 6.20 Å². The van der Waals surface area contributed by atoms with Crippen molar-refractivity contribution in [1.82, 2.24) is 9.88 Å². The number of pyridine rings is 1. The molecule has 1 saturated carbocycles. The molecular formula is C22H25N3O. The zero-order valence-electron chi connectivity index (χ0n) is 15.3. The van der Waals surface area contributed by atoms with Crippen molar-refractivity contribution in [3.05, 3.63) is 65.5 Å². The van der Waals surface area contributed by atoms with Gasteiger partial charge in [-0.05, 0) is 36.1 Å². The predicted octanol–water partition coefficient (Wildman–Crippen LogP) is 3.73. The third-order valence-electron chi connectivity index (χ3n) is 6.19. The van der Waals surface area contributed by atoms with Crippen LogP contribution in [0.1, 0.15) is 36.1 Å². The van der Waals surface area contributed by atoms with Crippen LogP contribution in [0.3, 0.4) is 0 Å². The molecule has 2 aliphatic rings. The molecule has 1 aliphatic carbocycles. The first-order valence-electron chi connectivity index (χ1n) is 9.44. The number of nitrogens with zero attached hydrogens (tertiary/aromatic N) is 3. The molecule has 4 heteroatoms. The summed E-state index contributed by atoms with van der Waals surface area (Å²) in [4.78, 5) is 6.73. The van der Waals surface area contributed by atoms with Crippen LogP contribution in [0.15, 0.2) is 48.7 Å². The van der Waals surface area contributed by atoms with Crippen molar-refractivity contribution in [3.63, 3.8) is 0 Å². The lowest BCUT2D eigenvalue weighted by atomic mass is 9.62. The zero-order valence-corrected chi connectivity index (χ0v) is 15.3. The van der Waals surface area contributed by atoms with E-state index in [4.69, 9.17) is 4.74 Å². The summed E-state index contributed by atoms with van der Waals surface area (Å²) in [5, 5.41) is 9.26. The standard InChI is InChI=1S/C22H25N3O/c1-26-22(18-10-11-24-21(12-18)13-23)19-8-5-9-20(22)16-25(15-19)14-17-6-3-2-4-7-17/h2-4,6-7,10-12,19-20H,5,8-9,14-16H2,1H3/t19-,20+,22-. The van der Waals surface area contributed by atoms with Crippen LogP contribution in [0.25, 0.3) is 0 Å². The maximum absolute atomic E-state index is 9.26. The van der Waals surface area contributed by atoms with Crippen molar-refractivity contribution in [1.29, 1.82) is 5.26 Å². The molecule has 2 aromatic rings. The van der Waals surface area contributed by atoms with Gasteiger partial charge in [-0.1, -0.05) is 36.8 Å². The van der Waals surface area contributed by atoms with Gasteiger partial charge in [0.1, 0.15) is 17.4 Å². The number of benzene rings is 1. The number of nitriles is 1. The monoisotopic (exact) mass is 347 g/mol. The molecule has 1 aliphatic heterocycles. The zero-order chi connectivity index (χ0) is 18.0. The SMILES string of the molecule is CO[C@]1(c2ccnc(C#N)c2)[C@@H]2CCC[C@H]1CN(Cc1ccccc1)C2. The second-order valence-electron chi connectivity index (χ2n) is 7.54. The number of hydrogen-bond donors (Lipinski definition) is 0. The number of rotatable bonds is 4. The van der Waals surface area contributed by atoms with Gasteiger partial charge in [-0.3, -0.25) is 4.90 Å². The molecule has 134 valence electrons. The van der Waals surface area contributed by atoms with Crippen LogP contribution in [0.5, 0.6) is 0 Å². The first-order valence-corrected chi connectivity index (χ1v) is 9.44. The molecule has 0 spiro atoms. The smallest absolute Gasteiger partial charge is 0.140 e. The van der Waals surface area contributed by atoms with Crippen LogP contribution in [0.4, 0.5) is 0 Å². The summed E-state index contributed by atoms with van der Waals surface area (Å²) in [6.45, 7) is 3.06. The van der Waals surface area contributed by atoms with Gasteiger partial charge in [0, 0.05) is 44.8 Å². The van der Waals surface area contributed by atoms with Crippen molar-refractivity contribution in [2.45, 2.75) is 31.4 Å². The van der Waals surface area contributed by atoms with Gasteiger partial charge >= 0.3 is 0 Å². The fourth-order valence-corrected chi connectivity index (χ4v) is 5.15. The molecular weight excluding hydrogens is 322 g/mol. The van der Waals surface area contributed by atoms with E-state index >= 15 is 0 Å². The number of methoxy groups -OCH3 is 1. The van der Waals surface area contributed by atoms with E-state index in [1.807, 2.05) is 19.2 Å². The lowest BCUT2D eigenvalue weighted by Gasteiger charge is -2.55. The predicted molar refractivity (Wildman–Crippen MR) is 100 cm³/mol. The van der Waals surface area contributed by atoms with E-state index in [0.29, 0.717) is 17.5 Å². The van der Waals surface area contributed by atoms with E-state index < -0.39 is 0 Å². The summed E-state index contributed by atoms with van der Waals surface area (Å²) in [6.07, 6.45) is 5.34. The summed E-state index contributed by atoms with van der Waals surface area (Å²) < 4.78 is 6.27. The molecule has 1 saturated heterocycles. The van der Waals surface area contributed by atoms with Crippen molar-refractivity contribution in [2.24, 2.45) is 11.8 Å². The van der Waals surface area contributed by atoms with E-state index in [0.717, 1.165) is 25.2 Å². The minimum absolute atomic E-state index is 0.292. The van der Waals surface area contributed by atoms with Crippen LogP contribution >= 0.6 is 0 Å². The number of piperidine rings is 1. The molecule has 1 aromatic heterocycles. The molecule has 0 amide bonds. The van der Waals surface area contributed by atoms with Gasteiger partial charge in [-0.15, -0.1) is 0 Å². The molecule has 0 unspecified atom stereocenters. The Labute approximate surface area is 155 Å². The maximum atomic E-state index is 9.26. The molecule has 0 radical (unpaired) electrons. The van der Waals surface area contributed by atoms with Gasteiger partial charge in [-0.25, -0.2) is 4.98 Å². The Morgan fingerprint density at radius 3 is 2.58 bits per heavy atom. The van der Waals surface area contributed by atoms with Crippen LogP contribution in [0.2, 0.25) is 0 Å². The van der Waals surface area contributed by atoms with Gasteiger partial charge in [-0.2, -0.15) is 5.26 Å². The van der Waals surface area contributed by atoms with Gasteiger partial charge in [0.2, 0.25) is 0 Å². The van der Waals surface area contributed by atoms with Crippen molar-refractivity contribution >= 4 is 0 Å². The van der Waals surface area contributed by atoms with Gasteiger partial charge in [0.05, 0.1) is 0 Å². The highest BCUT2D eigenvalue weighted by Crippen LogP contribution is 2.51. The minimum atomic E-state index is -0.292. The molecule has 2 bridgehead atoms. The maximum Gasteiger partial charge on any atom is 0.140 e. The second kappa shape index (κ2) is 7.19. The summed E-state index contributed by atoms with van der Waals surface area (Å²) in [6, 6.07) is 16.9. The fraction of sp³-hybridized carbons (Fsp3) is 0.455.